The van der Waals surface area contributed by atoms with Crippen molar-refractivity contribution in [3.8, 4) is 5.75 Å². The quantitative estimate of drug-likeness (QED) is 0.675. The van der Waals surface area contributed by atoms with Gasteiger partial charge in [-0.3, -0.25) is 14.9 Å². The van der Waals surface area contributed by atoms with Crippen molar-refractivity contribution in [3.05, 3.63) is 33.9 Å². The van der Waals surface area contributed by atoms with Crippen LogP contribution in [-0.2, 0) is 0 Å². The number of carbonyl (C=O) groups excluding carboxylic acids is 1. The van der Waals surface area contributed by atoms with E-state index in [4.69, 9.17) is 0 Å². The van der Waals surface area contributed by atoms with Gasteiger partial charge in [0.1, 0.15) is 0 Å². The van der Waals surface area contributed by atoms with E-state index in [1.165, 1.54) is 37.5 Å². The first kappa shape index (κ1) is 16.7. The lowest BCUT2D eigenvalue weighted by Crippen LogP contribution is -2.44. The number of carbonyl (C=O) groups is 1. The summed E-state index contributed by atoms with van der Waals surface area (Å²) in [6.07, 6.45) is 5.68. The van der Waals surface area contributed by atoms with Crippen molar-refractivity contribution in [1.82, 2.24) is 9.80 Å². The molecule has 1 amide bonds. The van der Waals surface area contributed by atoms with Crippen LogP contribution in [0.25, 0.3) is 0 Å². The smallest absolute Gasteiger partial charge is 0.310 e. The summed E-state index contributed by atoms with van der Waals surface area (Å²) < 4.78 is 0. The molecule has 130 valence electrons. The minimum atomic E-state index is -0.654. The Bertz CT molecular complexity index is 628. The first-order valence-electron chi connectivity index (χ1n) is 8.57. The number of rotatable bonds is 4. The first-order valence-corrected chi connectivity index (χ1v) is 8.57. The van der Waals surface area contributed by atoms with E-state index in [2.05, 4.69) is 4.90 Å². The van der Waals surface area contributed by atoms with Crippen LogP contribution in [0.4, 0.5) is 5.69 Å². The Hall–Kier alpha value is -2.15. The highest BCUT2D eigenvalue weighted by Crippen LogP contribution is 2.28. The van der Waals surface area contributed by atoms with Crippen LogP contribution in [0.15, 0.2) is 18.2 Å². The first-order chi connectivity index (χ1) is 11.6. The van der Waals surface area contributed by atoms with Crippen molar-refractivity contribution in [2.45, 2.75) is 38.1 Å². The molecule has 0 aliphatic carbocycles. The van der Waals surface area contributed by atoms with Crippen molar-refractivity contribution >= 4 is 11.6 Å². The van der Waals surface area contributed by atoms with E-state index in [1.807, 2.05) is 4.90 Å². The number of piperidine rings is 1. The molecule has 1 N–H and O–H groups in total. The van der Waals surface area contributed by atoms with Crippen LogP contribution in [0.3, 0.4) is 0 Å². The summed E-state index contributed by atoms with van der Waals surface area (Å²) in [6.45, 7) is 3.79. The summed E-state index contributed by atoms with van der Waals surface area (Å²) in [5.74, 6) is -0.614. The van der Waals surface area contributed by atoms with Crippen LogP contribution >= 0.6 is 0 Å². The van der Waals surface area contributed by atoms with Gasteiger partial charge < -0.3 is 14.9 Å². The van der Waals surface area contributed by atoms with E-state index >= 15 is 0 Å². The second-order valence-electron chi connectivity index (χ2n) is 6.62. The molecule has 7 heteroatoms. The number of nitrogens with zero attached hydrogens (tertiary/aromatic N) is 3. The van der Waals surface area contributed by atoms with Crippen molar-refractivity contribution in [3.63, 3.8) is 0 Å². The second kappa shape index (κ2) is 7.17. The van der Waals surface area contributed by atoms with Crippen molar-refractivity contribution in [2.24, 2.45) is 0 Å². The molecule has 2 fully saturated rings. The fourth-order valence-electron chi connectivity index (χ4n) is 3.71. The van der Waals surface area contributed by atoms with Gasteiger partial charge in [0.05, 0.1) is 4.92 Å². The van der Waals surface area contributed by atoms with Crippen LogP contribution in [0.5, 0.6) is 5.75 Å². The SMILES string of the molecule is O=C(c1ccc([N+](=O)[O-])c(O)c1)N1CCCC1CN1CCCCC1. The minimum absolute atomic E-state index is 0.153. The molecule has 0 saturated carbocycles. The summed E-state index contributed by atoms with van der Waals surface area (Å²) in [7, 11) is 0. The van der Waals surface area contributed by atoms with E-state index in [0.29, 0.717) is 12.1 Å². The summed E-state index contributed by atoms with van der Waals surface area (Å²) >= 11 is 0. The predicted octanol–water partition coefficient (Wildman–Crippen LogP) is 2.39. The van der Waals surface area contributed by atoms with E-state index in [0.717, 1.165) is 32.5 Å². The Kier molecular flexibility index (Phi) is 4.99. The molecule has 3 rings (SSSR count). The maximum atomic E-state index is 12.8. The average Bonchev–Trinajstić information content (AvgIpc) is 3.02. The Balaban J connectivity index is 1.71. The largest absolute Gasteiger partial charge is 0.502 e. The van der Waals surface area contributed by atoms with Gasteiger partial charge in [-0.15, -0.1) is 0 Å². The summed E-state index contributed by atoms with van der Waals surface area (Å²) in [6, 6.07) is 4.01. The van der Waals surface area contributed by atoms with Crippen molar-refractivity contribution < 1.29 is 14.8 Å². The van der Waals surface area contributed by atoms with Crippen molar-refractivity contribution in [1.29, 1.82) is 0 Å². The summed E-state index contributed by atoms with van der Waals surface area (Å²) in [4.78, 5) is 27.2. The summed E-state index contributed by atoms with van der Waals surface area (Å²) in [5.41, 5.74) is -0.0681. The molecule has 0 bridgehead atoms. The molecule has 0 spiro atoms. The average molecular weight is 333 g/mol. The van der Waals surface area contributed by atoms with E-state index < -0.39 is 10.7 Å². The molecule has 0 aromatic heterocycles. The highest BCUT2D eigenvalue weighted by atomic mass is 16.6. The number of phenolic OH excluding ortho intramolecular Hbond substituents is 1. The third-order valence-electron chi connectivity index (χ3n) is 4.97. The number of aromatic hydroxyl groups is 1. The number of hydrogen-bond donors (Lipinski definition) is 1. The van der Waals surface area contributed by atoms with Crippen LogP contribution in [-0.4, -0.2) is 58.0 Å². The minimum Gasteiger partial charge on any atom is -0.502 e. The molecule has 1 unspecified atom stereocenters. The van der Waals surface area contributed by atoms with Crippen LogP contribution in [0, 0.1) is 10.1 Å². The van der Waals surface area contributed by atoms with Crippen LogP contribution in [0.1, 0.15) is 42.5 Å². The monoisotopic (exact) mass is 333 g/mol. The second-order valence-corrected chi connectivity index (χ2v) is 6.62. The number of nitro groups is 1. The van der Waals surface area contributed by atoms with Gasteiger partial charge in [0.2, 0.25) is 0 Å². The van der Waals surface area contributed by atoms with Gasteiger partial charge in [0.25, 0.3) is 5.91 Å². The van der Waals surface area contributed by atoms with E-state index in [9.17, 15) is 20.0 Å². The fraction of sp³-hybridized carbons (Fsp3) is 0.588. The number of likely N-dealkylation sites (tertiary alicyclic amines) is 2. The number of hydrogen-bond acceptors (Lipinski definition) is 5. The highest BCUT2D eigenvalue weighted by Gasteiger charge is 2.31. The van der Waals surface area contributed by atoms with Gasteiger partial charge in [-0.2, -0.15) is 0 Å². The molecule has 1 aromatic rings. The van der Waals surface area contributed by atoms with Gasteiger partial charge in [-0.1, -0.05) is 6.42 Å². The molecule has 0 radical (unpaired) electrons. The van der Waals surface area contributed by atoms with E-state index in [1.54, 1.807) is 0 Å². The fourth-order valence-corrected chi connectivity index (χ4v) is 3.71. The zero-order valence-corrected chi connectivity index (χ0v) is 13.7. The molecule has 1 atom stereocenters. The Morgan fingerprint density at radius 1 is 1.21 bits per heavy atom. The molecule has 7 nitrogen and oxygen atoms in total. The third kappa shape index (κ3) is 3.51. The molecule has 2 heterocycles. The molecule has 1 aromatic carbocycles. The normalized spacial score (nSPS) is 21.8. The molecular weight excluding hydrogens is 310 g/mol. The summed E-state index contributed by atoms with van der Waals surface area (Å²) in [5, 5.41) is 20.5. The van der Waals surface area contributed by atoms with Crippen LogP contribution < -0.4 is 0 Å². The molecule has 2 aliphatic rings. The Labute approximate surface area is 141 Å². The lowest BCUT2D eigenvalue weighted by atomic mass is 10.1. The Morgan fingerprint density at radius 3 is 2.62 bits per heavy atom. The molecule has 24 heavy (non-hydrogen) atoms. The standard InChI is InChI=1S/C17H23N3O4/c21-16-11-13(6-7-15(16)20(23)24)17(22)19-10-4-5-14(19)12-18-8-2-1-3-9-18/h6-7,11,14,21H,1-5,8-10,12H2. The maximum Gasteiger partial charge on any atom is 0.310 e. The Morgan fingerprint density at radius 2 is 1.96 bits per heavy atom. The lowest BCUT2D eigenvalue weighted by Gasteiger charge is -2.33. The lowest BCUT2D eigenvalue weighted by molar-refractivity contribution is -0.385. The number of phenols is 1. The van der Waals surface area contributed by atoms with Gasteiger partial charge in [-0.25, -0.2) is 0 Å². The number of benzene rings is 1. The maximum absolute atomic E-state index is 12.8. The van der Waals surface area contributed by atoms with Gasteiger partial charge >= 0.3 is 5.69 Å². The van der Waals surface area contributed by atoms with Gasteiger partial charge in [0.15, 0.2) is 5.75 Å². The van der Waals surface area contributed by atoms with Gasteiger partial charge in [0, 0.05) is 30.8 Å². The molecule has 2 saturated heterocycles. The van der Waals surface area contributed by atoms with E-state index in [-0.39, 0.29) is 17.6 Å². The predicted molar refractivity (Wildman–Crippen MR) is 89.1 cm³/mol. The molecular formula is C17H23N3O4. The third-order valence-corrected chi connectivity index (χ3v) is 4.97. The zero-order valence-electron chi connectivity index (χ0n) is 13.7. The zero-order chi connectivity index (χ0) is 17.1. The number of amides is 1. The number of nitro benzene ring substituents is 1. The van der Waals surface area contributed by atoms with Gasteiger partial charge in [-0.05, 0) is 50.9 Å². The van der Waals surface area contributed by atoms with Crippen LogP contribution in [0.2, 0.25) is 0 Å². The molecule has 2 aliphatic heterocycles. The highest BCUT2D eigenvalue weighted by molar-refractivity contribution is 5.95. The van der Waals surface area contributed by atoms with Crippen molar-refractivity contribution in [2.75, 3.05) is 26.2 Å². The topological polar surface area (TPSA) is 86.9 Å².